The highest BCUT2D eigenvalue weighted by Crippen LogP contribution is 2.36. The molecule has 3 N–H and O–H groups in total. The van der Waals surface area contributed by atoms with Crippen LogP contribution in [0.3, 0.4) is 0 Å². The number of para-hydroxylation sites is 2. The lowest BCUT2D eigenvalue weighted by molar-refractivity contribution is 0.0897. The van der Waals surface area contributed by atoms with Crippen LogP contribution < -0.4 is 10.2 Å². The van der Waals surface area contributed by atoms with Crippen LogP contribution in [0.5, 0.6) is 5.75 Å². The summed E-state index contributed by atoms with van der Waals surface area (Å²) >= 11 is 0. The van der Waals surface area contributed by atoms with Gasteiger partial charge in [-0.15, -0.1) is 0 Å². The van der Waals surface area contributed by atoms with E-state index in [9.17, 15) is 15.0 Å². The number of benzene rings is 3. The maximum Gasteiger partial charge on any atom is 0.251 e. The second-order valence-electron chi connectivity index (χ2n) is 9.18. The largest absolute Gasteiger partial charge is 0.506 e. The Morgan fingerprint density at radius 1 is 0.912 bits per heavy atom. The zero-order valence-corrected chi connectivity index (χ0v) is 19.3. The van der Waals surface area contributed by atoms with Gasteiger partial charge >= 0.3 is 0 Å². The summed E-state index contributed by atoms with van der Waals surface area (Å²) in [5, 5.41) is 23.4. The predicted octanol–water partition coefficient (Wildman–Crippen LogP) is 3.27. The molecule has 1 heterocycles. The number of aliphatic hydroxyl groups excluding tert-OH is 1. The molecule has 3 aromatic carbocycles. The number of carbonyl (C=O) groups excluding carboxylic acids is 1. The summed E-state index contributed by atoms with van der Waals surface area (Å²) in [5.41, 5.74) is 6.44. The number of fused-ring (bicyclic) bond motifs is 3. The van der Waals surface area contributed by atoms with Crippen molar-refractivity contribution in [1.82, 2.24) is 10.2 Å². The average molecular weight is 458 g/mol. The van der Waals surface area contributed by atoms with Crippen LogP contribution in [0.4, 0.5) is 5.69 Å². The van der Waals surface area contributed by atoms with E-state index in [0.29, 0.717) is 17.7 Å². The van der Waals surface area contributed by atoms with Crippen molar-refractivity contribution in [2.45, 2.75) is 18.9 Å². The van der Waals surface area contributed by atoms with Crippen molar-refractivity contribution in [2.75, 3.05) is 44.2 Å². The fourth-order valence-electron chi connectivity index (χ4n) is 4.98. The number of nitrogens with one attached hydrogen (secondary N) is 1. The molecule has 0 spiro atoms. The summed E-state index contributed by atoms with van der Waals surface area (Å²) in [5.74, 6) is 0.170. The van der Waals surface area contributed by atoms with E-state index in [0.717, 1.165) is 44.8 Å². The molecule has 2 aliphatic rings. The van der Waals surface area contributed by atoms with Crippen molar-refractivity contribution in [3.05, 3.63) is 83.4 Å². The smallest absolute Gasteiger partial charge is 0.251 e. The zero-order chi connectivity index (χ0) is 23.5. The highest BCUT2D eigenvalue weighted by atomic mass is 16.3. The maximum absolute atomic E-state index is 12.7. The summed E-state index contributed by atoms with van der Waals surface area (Å²) in [7, 11) is 0. The van der Waals surface area contributed by atoms with E-state index >= 15 is 0 Å². The number of aromatic hydroxyl groups is 1. The third-order valence-electron chi connectivity index (χ3n) is 6.93. The van der Waals surface area contributed by atoms with Crippen LogP contribution in [0.15, 0.2) is 66.7 Å². The lowest BCUT2D eigenvalue weighted by atomic mass is 10.0. The van der Waals surface area contributed by atoms with E-state index in [1.54, 1.807) is 6.07 Å². The van der Waals surface area contributed by atoms with Gasteiger partial charge in [-0.05, 0) is 59.4 Å². The highest BCUT2D eigenvalue weighted by Gasteiger charge is 2.21. The van der Waals surface area contributed by atoms with Crippen molar-refractivity contribution < 1.29 is 15.0 Å². The van der Waals surface area contributed by atoms with Gasteiger partial charge < -0.3 is 20.4 Å². The molecular formula is C28H31N3O3. The minimum atomic E-state index is -0.584. The van der Waals surface area contributed by atoms with Crippen molar-refractivity contribution in [2.24, 2.45) is 0 Å². The molecule has 6 nitrogen and oxygen atoms in total. The minimum absolute atomic E-state index is 0.144. The maximum atomic E-state index is 12.7. The summed E-state index contributed by atoms with van der Waals surface area (Å²) in [6.07, 6.45) is 0.877. The normalized spacial score (nSPS) is 16.1. The first kappa shape index (κ1) is 22.4. The summed E-state index contributed by atoms with van der Waals surface area (Å²) in [6, 6.07) is 21.7. The van der Waals surface area contributed by atoms with Crippen LogP contribution in [-0.2, 0) is 6.42 Å². The van der Waals surface area contributed by atoms with E-state index in [1.165, 1.54) is 22.3 Å². The molecule has 1 saturated heterocycles. The van der Waals surface area contributed by atoms with Crippen LogP contribution in [-0.4, -0.2) is 66.4 Å². The number of rotatable bonds is 7. The number of carbonyl (C=O) groups is 1. The monoisotopic (exact) mass is 457 g/mol. The van der Waals surface area contributed by atoms with E-state index in [4.69, 9.17) is 0 Å². The van der Waals surface area contributed by atoms with E-state index in [1.807, 2.05) is 48.5 Å². The number of hydrogen-bond donors (Lipinski definition) is 3. The Bertz CT molecular complexity index is 1170. The first-order valence-corrected chi connectivity index (χ1v) is 12.0. The van der Waals surface area contributed by atoms with Gasteiger partial charge in [-0.3, -0.25) is 9.69 Å². The van der Waals surface area contributed by atoms with Gasteiger partial charge in [-0.2, -0.15) is 0 Å². The third-order valence-corrected chi connectivity index (χ3v) is 6.93. The molecule has 1 unspecified atom stereocenters. The van der Waals surface area contributed by atoms with Crippen molar-refractivity contribution in [1.29, 1.82) is 0 Å². The van der Waals surface area contributed by atoms with Crippen LogP contribution in [0.25, 0.3) is 11.1 Å². The van der Waals surface area contributed by atoms with Gasteiger partial charge in [0.05, 0.1) is 11.8 Å². The first-order chi connectivity index (χ1) is 16.6. The van der Waals surface area contributed by atoms with Crippen LogP contribution in [0, 0.1) is 0 Å². The van der Waals surface area contributed by atoms with E-state index in [-0.39, 0.29) is 12.5 Å². The molecule has 0 bridgehead atoms. The molecule has 0 aromatic heterocycles. The number of anilines is 1. The quantitative estimate of drug-likeness (QED) is 0.397. The van der Waals surface area contributed by atoms with Gasteiger partial charge in [-0.1, -0.05) is 42.5 Å². The number of nitrogens with zero attached hydrogens (tertiary/aromatic N) is 2. The number of phenolic OH excluding ortho intramolecular Hbond substituents is 1. The number of hydrogen-bond acceptors (Lipinski definition) is 5. The Morgan fingerprint density at radius 3 is 2.47 bits per heavy atom. The molecule has 0 saturated carbocycles. The molecule has 0 radical (unpaired) electrons. The lowest BCUT2D eigenvalue weighted by Crippen LogP contribution is -2.47. The zero-order valence-electron chi connectivity index (χ0n) is 19.3. The second kappa shape index (κ2) is 9.87. The second-order valence-corrected chi connectivity index (χ2v) is 9.18. The first-order valence-electron chi connectivity index (χ1n) is 12.0. The molecule has 1 fully saturated rings. The molecule has 3 aromatic rings. The van der Waals surface area contributed by atoms with E-state index in [2.05, 4.69) is 27.2 Å². The minimum Gasteiger partial charge on any atom is -0.506 e. The number of piperazine rings is 1. The Balaban J connectivity index is 1.06. The fourth-order valence-corrected chi connectivity index (χ4v) is 4.98. The third kappa shape index (κ3) is 4.79. The van der Waals surface area contributed by atoms with Crippen molar-refractivity contribution in [3.8, 4) is 16.9 Å². The van der Waals surface area contributed by atoms with Crippen LogP contribution >= 0.6 is 0 Å². The summed E-state index contributed by atoms with van der Waals surface area (Å²) < 4.78 is 0. The van der Waals surface area contributed by atoms with Gasteiger partial charge in [0.25, 0.3) is 5.91 Å². The molecule has 34 heavy (non-hydrogen) atoms. The average Bonchev–Trinajstić information content (AvgIpc) is 3.24. The Kier molecular flexibility index (Phi) is 6.52. The van der Waals surface area contributed by atoms with Gasteiger partial charge in [-0.25, -0.2) is 0 Å². The standard InChI is InChI=1S/C28H31N3O3/c32-23(11-12-30-13-15-31(16-14-30)26-7-3-4-8-27(26)33)19-29-28(34)21-9-10-25-22(18-21)17-20-5-1-2-6-24(20)25/h1-10,18,23,32-33H,11-17,19H2,(H,29,34). The van der Waals surface area contributed by atoms with Gasteiger partial charge in [0.2, 0.25) is 0 Å². The predicted molar refractivity (Wildman–Crippen MR) is 134 cm³/mol. The number of amides is 1. The molecule has 1 aliphatic carbocycles. The number of phenols is 1. The molecular weight excluding hydrogens is 426 g/mol. The van der Waals surface area contributed by atoms with Crippen LogP contribution in [0.1, 0.15) is 27.9 Å². The molecule has 5 rings (SSSR count). The molecule has 1 aliphatic heterocycles. The highest BCUT2D eigenvalue weighted by molar-refractivity contribution is 5.95. The van der Waals surface area contributed by atoms with Gasteiger partial charge in [0.1, 0.15) is 5.75 Å². The van der Waals surface area contributed by atoms with Crippen molar-refractivity contribution >= 4 is 11.6 Å². The topological polar surface area (TPSA) is 76.0 Å². The fraction of sp³-hybridized carbons (Fsp3) is 0.321. The van der Waals surface area contributed by atoms with Gasteiger partial charge in [0, 0.05) is 44.8 Å². The van der Waals surface area contributed by atoms with Gasteiger partial charge in [0.15, 0.2) is 0 Å². The molecule has 6 heteroatoms. The number of aliphatic hydroxyl groups is 1. The summed E-state index contributed by atoms with van der Waals surface area (Å²) in [6.45, 7) is 4.46. The SMILES string of the molecule is O=C(NCC(O)CCN1CCN(c2ccccc2O)CC1)c1ccc2c(c1)Cc1ccccc1-2. The van der Waals surface area contributed by atoms with Crippen LogP contribution in [0.2, 0.25) is 0 Å². The summed E-state index contributed by atoms with van der Waals surface area (Å²) in [4.78, 5) is 17.2. The lowest BCUT2D eigenvalue weighted by Gasteiger charge is -2.36. The van der Waals surface area contributed by atoms with E-state index < -0.39 is 6.10 Å². The Morgan fingerprint density at radius 2 is 1.65 bits per heavy atom. The Hall–Kier alpha value is -3.35. The molecule has 1 atom stereocenters. The molecule has 1 amide bonds. The molecule has 176 valence electrons. The Labute approximate surface area is 200 Å². The van der Waals surface area contributed by atoms with Crippen molar-refractivity contribution in [3.63, 3.8) is 0 Å².